The second-order valence-corrected chi connectivity index (χ2v) is 4.99. The summed E-state index contributed by atoms with van der Waals surface area (Å²) in [6.45, 7) is 4.77. The number of aromatic nitrogens is 2. The van der Waals surface area contributed by atoms with Gasteiger partial charge in [0.1, 0.15) is 6.10 Å². The molecule has 1 aromatic rings. The number of carbonyl (C=O) groups is 1. The van der Waals surface area contributed by atoms with Crippen LogP contribution in [0, 0.1) is 5.92 Å². The van der Waals surface area contributed by atoms with Gasteiger partial charge in [-0.05, 0) is 32.1 Å². The maximum atomic E-state index is 12.0. The summed E-state index contributed by atoms with van der Waals surface area (Å²) in [7, 11) is 0. The van der Waals surface area contributed by atoms with Crippen LogP contribution >= 0.6 is 0 Å². The molecule has 1 aliphatic rings. The zero-order chi connectivity index (χ0) is 13.1. The lowest BCUT2D eigenvalue weighted by Crippen LogP contribution is -2.28. The first-order valence-electron chi connectivity index (χ1n) is 6.65. The van der Waals surface area contributed by atoms with Gasteiger partial charge in [-0.15, -0.1) is 0 Å². The Bertz CT molecular complexity index is 428. The second kappa shape index (κ2) is 5.42. The van der Waals surface area contributed by atoms with Gasteiger partial charge < -0.3 is 10.5 Å². The van der Waals surface area contributed by atoms with E-state index >= 15 is 0 Å². The first kappa shape index (κ1) is 12.9. The minimum atomic E-state index is -0.390. The van der Waals surface area contributed by atoms with Gasteiger partial charge in [-0.3, -0.25) is 4.68 Å². The standard InChI is InChI=1S/C13H21N3O2/c1-3-16-8-10(14)12(15-16)13(17)18-11-7-5-4-6-9(11)2/h8-9,11H,3-7,14H2,1-2H3. The summed E-state index contributed by atoms with van der Waals surface area (Å²) in [5.41, 5.74) is 6.41. The molecule has 0 aliphatic heterocycles. The van der Waals surface area contributed by atoms with Crippen LogP contribution in [0.25, 0.3) is 0 Å². The van der Waals surface area contributed by atoms with E-state index in [0.717, 1.165) is 19.3 Å². The number of aryl methyl sites for hydroxylation is 1. The largest absolute Gasteiger partial charge is 0.457 e. The summed E-state index contributed by atoms with van der Waals surface area (Å²) in [6.07, 6.45) is 6.10. The van der Waals surface area contributed by atoms with Crippen LogP contribution in [0.5, 0.6) is 0 Å². The highest BCUT2D eigenvalue weighted by Gasteiger charge is 2.27. The summed E-state index contributed by atoms with van der Waals surface area (Å²) in [4.78, 5) is 12.0. The number of ether oxygens (including phenoxy) is 1. The molecular weight excluding hydrogens is 230 g/mol. The zero-order valence-electron chi connectivity index (χ0n) is 11.1. The molecule has 0 spiro atoms. The molecule has 100 valence electrons. The monoisotopic (exact) mass is 251 g/mol. The van der Waals surface area contributed by atoms with Gasteiger partial charge >= 0.3 is 5.97 Å². The Hall–Kier alpha value is -1.52. The first-order chi connectivity index (χ1) is 8.61. The molecule has 5 nitrogen and oxygen atoms in total. The molecule has 1 fully saturated rings. The van der Waals surface area contributed by atoms with E-state index < -0.39 is 5.97 Å². The summed E-state index contributed by atoms with van der Waals surface area (Å²) >= 11 is 0. The van der Waals surface area contributed by atoms with Crippen LogP contribution in [0.1, 0.15) is 50.0 Å². The highest BCUT2D eigenvalue weighted by molar-refractivity contribution is 5.92. The number of nitrogens with zero attached hydrogens (tertiary/aromatic N) is 2. The van der Waals surface area contributed by atoms with Crippen molar-refractivity contribution in [1.29, 1.82) is 0 Å². The van der Waals surface area contributed by atoms with Crippen LogP contribution in [0.15, 0.2) is 6.20 Å². The maximum absolute atomic E-state index is 12.0. The van der Waals surface area contributed by atoms with Gasteiger partial charge in [0.2, 0.25) is 0 Å². The SMILES string of the molecule is CCn1cc(N)c(C(=O)OC2CCCCC2C)n1. The highest BCUT2D eigenvalue weighted by Crippen LogP contribution is 2.27. The number of carbonyl (C=O) groups excluding carboxylic acids is 1. The van der Waals surface area contributed by atoms with Crippen LogP contribution in [-0.4, -0.2) is 21.9 Å². The van der Waals surface area contributed by atoms with E-state index in [1.807, 2.05) is 6.92 Å². The molecule has 0 saturated heterocycles. The molecule has 1 aromatic heterocycles. The molecule has 0 radical (unpaired) electrons. The molecule has 2 atom stereocenters. The van der Waals surface area contributed by atoms with Gasteiger partial charge in [0.15, 0.2) is 5.69 Å². The lowest BCUT2D eigenvalue weighted by molar-refractivity contribution is 0.00423. The Morgan fingerprint density at radius 1 is 1.56 bits per heavy atom. The van der Waals surface area contributed by atoms with Crippen molar-refractivity contribution >= 4 is 11.7 Å². The molecule has 18 heavy (non-hydrogen) atoms. The second-order valence-electron chi connectivity index (χ2n) is 4.99. The maximum Gasteiger partial charge on any atom is 0.361 e. The summed E-state index contributed by atoms with van der Waals surface area (Å²) in [5.74, 6) is 0.0376. The van der Waals surface area contributed by atoms with Gasteiger partial charge in [0.25, 0.3) is 0 Å². The average molecular weight is 251 g/mol. The van der Waals surface area contributed by atoms with E-state index in [4.69, 9.17) is 10.5 Å². The van der Waals surface area contributed by atoms with E-state index in [1.165, 1.54) is 6.42 Å². The van der Waals surface area contributed by atoms with Crippen molar-refractivity contribution in [2.45, 2.75) is 52.2 Å². The normalized spacial score (nSPS) is 23.9. The fourth-order valence-corrected chi connectivity index (χ4v) is 2.41. The Labute approximate surface area is 107 Å². The molecule has 1 aliphatic carbocycles. The van der Waals surface area contributed by atoms with Crippen LogP contribution in [-0.2, 0) is 11.3 Å². The molecule has 2 unspecified atom stereocenters. The predicted molar refractivity (Wildman–Crippen MR) is 69.1 cm³/mol. The molecule has 1 heterocycles. The smallest absolute Gasteiger partial charge is 0.361 e. The van der Waals surface area contributed by atoms with E-state index in [0.29, 0.717) is 18.2 Å². The lowest BCUT2D eigenvalue weighted by atomic mass is 9.88. The number of hydrogen-bond acceptors (Lipinski definition) is 4. The van der Waals surface area contributed by atoms with Gasteiger partial charge in [-0.1, -0.05) is 13.3 Å². The molecule has 5 heteroatoms. The van der Waals surface area contributed by atoms with E-state index in [1.54, 1.807) is 10.9 Å². The van der Waals surface area contributed by atoms with Crippen molar-refractivity contribution in [2.75, 3.05) is 5.73 Å². The number of nitrogen functional groups attached to an aromatic ring is 1. The number of rotatable bonds is 3. The molecular formula is C13H21N3O2. The Kier molecular flexibility index (Phi) is 3.89. The van der Waals surface area contributed by atoms with Gasteiger partial charge in [0, 0.05) is 12.7 Å². The zero-order valence-corrected chi connectivity index (χ0v) is 11.1. The highest BCUT2D eigenvalue weighted by atomic mass is 16.5. The number of hydrogen-bond donors (Lipinski definition) is 1. The fourth-order valence-electron chi connectivity index (χ4n) is 2.41. The molecule has 2 N–H and O–H groups in total. The van der Waals surface area contributed by atoms with Crippen molar-refractivity contribution < 1.29 is 9.53 Å². The lowest BCUT2D eigenvalue weighted by Gasteiger charge is -2.28. The van der Waals surface area contributed by atoms with Crippen LogP contribution in [0.2, 0.25) is 0 Å². The molecule has 1 saturated carbocycles. The molecule has 0 aromatic carbocycles. The summed E-state index contributed by atoms with van der Waals surface area (Å²) in [5, 5.41) is 4.14. The topological polar surface area (TPSA) is 70.1 Å². The predicted octanol–water partition coefficient (Wildman–Crippen LogP) is 2.22. The van der Waals surface area contributed by atoms with E-state index in [-0.39, 0.29) is 11.8 Å². The van der Waals surface area contributed by atoms with Gasteiger partial charge in [0.05, 0.1) is 5.69 Å². The van der Waals surface area contributed by atoms with E-state index in [2.05, 4.69) is 12.0 Å². The van der Waals surface area contributed by atoms with Crippen molar-refractivity contribution in [1.82, 2.24) is 9.78 Å². The average Bonchev–Trinajstić information content (AvgIpc) is 2.73. The Morgan fingerprint density at radius 2 is 2.28 bits per heavy atom. The van der Waals surface area contributed by atoms with Crippen molar-refractivity contribution in [3.05, 3.63) is 11.9 Å². The van der Waals surface area contributed by atoms with Crippen molar-refractivity contribution in [3.8, 4) is 0 Å². The Morgan fingerprint density at radius 3 is 2.89 bits per heavy atom. The van der Waals surface area contributed by atoms with Crippen LogP contribution in [0.4, 0.5) is 5.69 Å². The van der Waals surface area contributed by atoms with Crippen LogP contribution < -0.4 is 5.73 Å². The first-order valence-corrected chi connectivity index (χ1v) is 6.65. The van der Waals surface area contributed by atoms with Crippen LogP contribution in [0.3, 0.4) is 0 Å². The number of nitrogens with two attached hydrogens (primary N) is 1. The third-order valence-electron chi connectivity index (χ3n) is 3.60. The van der Waals surface area contributed by atoms with Crippen molar-refractivity contribution in [3.63, 3.8) is 0 Å². The molecule has 0 bridgehead atoms. The summed E-state index contributed by atoms with van der Waals surface area (Å²) < 4.78 is 7.18. The fraction of sp³-hybridized carbons (Fsp3) is 0.692. The molecule has 2 rings (SSSR count). The quantitative estimate of drug-likeness (QED) is 0.836. The van der Waals surface area contributed by atoms with Crippen molar-refractivity contribution in [2.24, 2.45) is 5.92 Å². The third kappa shape index (κ3) is 2.66. The molecule has 0 amide bonds. The van der Waals surface area contributed by atoms with E-state index in [9.17, 15) is 4.79 Å². The minimum Gasteiger partial charge on any atom is -0.457 e. The number of esters is 1. The Balaban J connectivity index is 2.04. The third-order valence-corrected chi connectivity index (χ3v) is 3.60. The van der Waals surface area contributed by atoms with Gasteiger partial charge in [-0.2, -0.15) is 5.10 Å². The summed E-state index contributed by atoms with van der Waals surface area (Å²) in [6, 6.07) is 0. The minimum absolute atomic E-state index is 0.0115. The number of anilines is 1. The van der Waals surface area contributed by atoms with Gasteiger partial charge in [-0.25, -0.2) is 4.79 Å².